The maximum absolute atomic E-state index is 13.2. The molecule has 2 aromatic heterocycles. The number of hydrogen-bond acceptors (Lipinski definition) is 5. The molecule has 31 heavy (non-hydrogen) atoms. The Morgan fingerprint density at radius 1 is 1.10 bits per heavy atom. The van der Waals surface area contributed by atoms with Crippen LogP contribution in [0.5, 0.6) is 5.75 Å². The van der Waals surface area contributed by atoms with Crippen molar-refractivity contribution in [2.45, 2.75) is 6.92 Å². The fraction of sp³-hybridized carbons (Fsp3) is 0.0870. The van der Waals surface area contributed by atoms with Crippen LogP contribution in [0, 0.1) is 6.92 Å². The number of amides is 1. The molecule has 2 heterocycles. The van der Waals surface area contributed by atoms with Gasteiger partial charge in [-0.1, -0.05) is 29.8 Å². The van der Waals surface area contributed by atoms with Crippen molar-refractivity contribution in [3.05, 3.63) is 93.6 Å². The second-order valence-corrected chi connectivity index (χ2v) is 7.09. The van der Waals surface area contributed by atoms with Gasteiger partial charge < -0.3 is 14.5 Å². The van der Waals surface area contributed by atoms with E-state index in [1.165, 1.54) is 24.1 Å². The van der Waals surface area contributed by atoms with Crippen LogP contribution in [0.25, 0.3) is 16.8 Å². The third-order valence-corrected chi connectivity index (χ3v) is 4.93. The van der Waals surface area contributed by atoms with E-state index in [-0.39, 0.29) is 28.3 Å². The fourth-order valence-electron chi connectivity index (χ4n) is 3.20. The number of para-hydroxylation sites is 1. The van der Waals surface area contributed by atoms with Crippen LogP contribution < -0.4 is 15.5 Å². The van der Waals surface area contributed by atoms with Gasteiger partial charge in [-0.3, -0.25) is 9.59 Å². The number of benzene rings is 2. The van der Waals surface area contributed by atoms with Gasteiger partial charge in [0.1, 0.15) is 17.3 Å². The van der Waals surface area contributed by atoms with Crippen molar-refractivity contribution in [3.63, 3.8) is 0 Å². The molecule has 2 aromatic carbocycles. The number of methoxy groups -OCH3 is 1. The van der Waals surface area contributed by atoms with Gasteiger partial charge in [0.25, 0.3) is 5.91 Å². The summed E-state index contributed by atoms with van der Waals surface area (Å²) in [5.41, 5.74) is 1.31. The van der Waals surface area contributed by atoms with Gasteiger partial charge in [-0.2, -0.15) is 5.10 Å². The zero-order valence-corrected chi connectivity index (χ0v) is 17.5. The summed E-state index contributed by atoms with van der Waals surface area (Å²) < 4.78 is 12.2. The minimum atomic E-state index is -0.520. The molecule has 0 aliphatic carbocycles. The first-order chi connectivity index (χ1) is 15.0. The highest BCUT2D eigenvalue weighted by Gasteiger charge is 2.23. The van der Waals surface area contributed by atoms with Gasteiger partial charge in [0.15, 0.2) is 5.76 Å². The lowest BCUT2D eigenvalue weighted by Crippen LogP contribution is -2.24. The second kappa shape index (κ2) is 8.49. The SMILES string of the molecule is COc1ccccc1-c1c(NC(=O)c2ccco2)n(-c2ccc(Cl)cc2)nc(C)c1=O. The van der Waals surface area contributed by atoms with Gasteiger partial charge in [0.05, 0.1) is 24.6 Å². The number of anilines is 1. The summed E-state index contributed by atoms with van der Waals surface area (Å²) in [6.07, 6.45) is 1.40. The summed E-state index contributed by atoms with van der Waals surface area (Å²) >= 11 is 6.04. The molecule has 0 saturated carbocycles. The molecule has 156 valence electrons. The van der Waals surface area contributed by atoms with Gasteiger partial charge in [-0.15, -0.1) is 0 Å². The Balaban J connectivity index is 2.01. The molecular weight excluding hydrogens is 418 g/mol. The molecule has 0 saturated heterocycles. The molecule has 4 aromatic rings. The van der Waals surface area contributed by atoms with Crippen molar-refractivity contribution in [3.8, 4) is 22.6 Å². The van der Waals surface area contributed by atoms with Crippen molar-refractivity contribution in [1.82, 2.24) is 9.78 Å². The van der Waals surface area contributed by atoms with Crippen LogP contribution in [0.1, 0.15) is 16.2 Å². The number of nitrogens with one attached hydrogen (secondary N) is 1. The summed E-state index contributed by atoms with van der Waals surface area (Å²) in [6.45, 7) is 1.62. The first-order valence-corrected chi connectivity index (χ1v) is 9.75. The minimum absolute atomic E-state index is 0.0988. The molecule has 0 unspecified atom stereocenters. The van der Waals surface area contributed by atoms with Crippen LogP contribution in [0.15, 0.2) is 76.1 Å². The molecule has 0 fully saturated rings. The maximum atomic E-state index is 13.2. The van der Waals surface area contributed by atoms with E-state index < -0.39 is 5.91 Å². The van der Waals surface area contributed by atoms with Crippen molar-refractivity contribution in [1.29, 1.82) is 0 Å². The van der Waals surface area contributed by atoms with E-state index >= 15 is 0 Å². The van der Waals surface area contributed by atoms with Gasteiger partial charge in [0.2, 0.25) is 5.43 Å². The Hall–Kier alpha value is -3.84. The lowest BCUT2D eigenvalue weighted by Gasteiger charge is -2.19. The molecular formula is C23H18ClN3O4. The van der Waals surface area contributed by atoms with E-state index in [1.54, 1.807) is 61.5 Å². The number of nitrogens with zero attached hydrogens (tertiary/aromatic N) is 2. The van der Waals surface area contributed by atoms with Crippen LogP contribution in [0.4, 0.5) is 5.82 Å². The van der Waals surface area contributed by atoms with Gasteiger partial charge >= 0.3 is 0 Å². The van der Waals surface area contributed by atoms with Crippen LogP contribution >= 0.6 is 11.6 Å². The summed E-state index contributed by atoms with van der Waals surface area (Å²) in [5, 5.41) is 7.76. The van der Waals surface area contributed by atoms with E-state index in [0.29, 0.717) is 22.0 Å². The highest BCUT2D eigenvalue weighted by Crippen LogP contribution is 2.34. The third-order valence-electron chi connectivity index (χ3n) is 4.68. The lowest BCUT2D eigenvalue weighted by atomic mass is 10.0. The molecule has 0 radical (unpaired) electrons. The van der Waals surface area contributed by atoms with Crippen LogP contribution in [0.3, 0.4) is 0 Å². The molecule has 1 amide bonds. The molecule has 0 spiro atoms. The normalized spacial score (nSPS) is 10.7. The lowest BCUT2D eigenvalue weighted by molar-refractivity contribution is 0.0996. The first-order valence-electron chi connectivity index (χ1n) is 9.37. The smallest absolute Gasteiger partial charge is 0.292 e. The highest BCUT2D eigenvalue weighted by molar-refractivity contribution is 6.30. The van der Waals surface area contributed by atoms with Crippen molar-refractivity contribution < 1.29 is 13.9 Å². The molecule has 7 nitrogen and oxygen atoms in total. The Morgan fingerprint density at radius 3 is 2.52 bits per heavy atom. The van der Waals surface area contributed by atoms with Crippen LogP contribution in [0.2, 0.25) is 5.02 Å². The minimum Gasteiger partial charge on any atom is -0.496 e. The number of carbonyl (C=O) groups is 1. The van der Waals surface area contributed by atoms with E-state index in [4.69, 9.17) is 20.8 Å². The Kier molecular flexibility index (Phi) is 5.60. The number of halogens is 1. The number of furan rings is 1. The Bertz CT molecular complexity index is 1300. The number of rotatable bonds is 5. The monoisotopic (exact) mass is 435 g/mol. The molecule has 0 aliphatic heterocycles. The average Bonchev–Trinajstić information content (AvgIpc) is 3.32. The van der Waals surface area contributed by atoms with E-state index in [9.17, 15) is 9.59 Å². The quantitative estimate of drug-likeness (QED) is 0.490. The summed E-state index contributed by atoms with van der Waals surface area (Å²) in [6, 6.07) is 17.1. The highest BCUT2D eigenvalue weighted by atomic mass is 35.5. The molecule has 0 bridgehead atoms. The zero-order chi connectivity index (χ0) is 22.0. The van der Waals surface area contributed by atoms with E-state index in [2.05, 4.69) is 10.4 Å². The van der Waals surface area contributed by atoms with E-state index in [0.717, 1.165) is 0 Å². The summed E-state index contributed by atoms with van der Waals surface area (Å²) in [7, 11) is 1.52. The van der Waals surface area contributed by atoms with Crippen LogP contribution in [-0.4, -0.2) is 22.8 Å². The molecule has 8 heteroatoms. The Labute approximate surface area is 182 Å². The molecule has 4 rings (SSSR count). The maximum Gasteiger partial charge on any atom is 0.292 e. The largest absolute Gasteiger partial charge is 0.496 e. The predicted molar refractivity (Wildman–Crippen MR) is 118 cm³/mol. The Morgan fingerprint density at radius 2 is 1.84 bits per heavy atom. The van der Waals surface area contributed by atoms with Crippen molar-refractivity contribution in [2.75, 3.05) is 12.4 Å². The first kappa shape index (κ1) is 20.4. The zero-order valence-electron chi connectivity index (χ0n) is 16.8. The fourth-order valence-corrected chi connectivity index (χ4v) is 3.33. The van der Waals surface area contributed by atoms with Crippen molar-refractivity contribution >= 4 is 23.3 Å². The topological polar surface area (TPSA) is 86.4 Å². The van der Waals surface area contributed by atoms with Crippen LogP contribution in [-0.2, 0) is 0 Å². The standard InChI is InChI=1S/C23H18ClN3O4/c1-14-21(28)20(17-6-3-4-7-18(17)30-2)22(25-23(29)19-8-5-13-31-19)27(26-14)16-11-9-15(24)10-12-16/h3-13H,1-2H3,(H,25,29). The number of ether oxygens (including phenoxy) is 1. The van der Waals surface area contributed by atoms with E-state index in [1.807, 2.05) is 0 Å². The summed E-state index contributed by atoms with van der Waals surface area (Å²) in [5.74, 6) is 0.251. The van der Waals surface area contributed by atoms with Gasteiger partial charge in [-0.05, 0) is 49.4 Å². The number of aromatic nitrogens is 2. The predicted octanol–water partition coefficient (Wildman–Crippen LogP) is 4.72. The molecule has 1 N–H and O–H groups in total. The third kappa shape index (κ3) is 3.95. The average molecular weight is 436 g/mol. The number of carbonyl (C=O) groups excluding carboxylic acids is 1. The number of aryl methyl sites for hydroxylation is 1. The molecule has 0 atom stereocenters. The van der Waals surface area contributed by atoms with Gasteiger partial charge in [0, 0.05) is 10.6 Å². The second-order valence-electron chi connectivity index (χ2n) is 6.66. The van der Waals surface area contributed by atoms with Gasteiger partial charge in [-0.25, -0.2) is 4.68 Å². The number of hydrogen-bond donors (Lipinski definition) is 1. The van der Waals surface area contributed by atoms with Crippen molar-refractivity contribution in [2.24, 2.45) is 0 Å². The summed E-state index contributed by atoms with van der Waals surface area (Å²) in [4.78, 5) is 26.1. The molecule has 0 aliphatic rings.